The van der Waals surface area contributed by atoms with E-state index in [0.29, 0.717) is 0 Å². The maximum Gasteiger partial charge on any atom is 0.248 e. The first kappa shape index (κ1) is 10.6. The van der Waals surface area contributed by atoms with Crippen LogP contribution >= 0.6 is 23.5 Å². The van der Waals surface area contributed by atoms with Crippen molar-refractivity contribution in [1.29, 1.82) is 0 Å². The maximum absolute atomic E-state index is 4.30. The summed E-state index contributed by atoms with van der Waals surface area (Å²) in [5.74, 6) is 0. The smallest absolute Gasteiger partial charge is 0.226 e. The standard InChI is InChI=1S/C9H12N4S2/c1-14-9(15-2,12-7-3-5-10-12)13-8-4-6-11-13/h3-8H,1-2H3. The van der Waals surface area contributed by atoms with Crippen LogP contribution in [-0.2, 0) is 4.33 Å². The third-order valence-corrected chi connectivity index (χ3v) is 4.93. The number of rotatable bonds is 4. The van der Waals surface area contributed by atoms with Crippen molar-refractivity contribution in [1.82, 2.24) is 19.6 Å². The Morgan fingerprint density at radius 2 is 1.40 bits per heavy atom. The Bertz CT molecular complexity index is 355. The molecule has 0 amide bonds. The van der Waals surface area contributed by atoms with Gasteiger partial charge in [-0.2, -0.15) is 10.2 Å². The van der Waals surface area contributed by atoms with Crippen molar-refractivity contribution in [3.63, 3.8) is 0 Å². The zero-order valence-electron chi connectivity index (χ0n) is 8.57. The maximum atomic E-state index is 4.30. The summed E-state index contributed by atoms with van der Waals surface area (Å²) in [6, 6.07) is 3.84. The molecule has 0 bridgehead atoms. The molecule has 4 nitrogen and oxygen atoms in total. The molecule has 0 aromatic carbocycles. The lowest BCUT2D eigenvalue weighted by Crippen LogP contribution is -2.35. The minimum absolute atomic E-state index is 0.326. The van der Waals surface area contributed by atoms with Crippen LogP contribution < -0.4 is 0 Å². The fourth-order valence-electron chi connectivity index (χ4n) is 1.43. The van der Waals surface area contributed by atoms with E-state index in [4.69, 9.17) is 0 Å². The average molecular weight is 240 g/mol. The van der Waals surface area contributed by atoms with E-state index in [1.807, 2.05) is 33.9 Å². The summed E-state index contributed by atoms with van der Waals surface area (Å²) >= 11 is 3.39. The molecule has 0 aliphatic carbocycles. The van der Waals surface area contributed by atoms with Crippen molar-refractivity contribution >= 4 is 23.5 Å². The number of nitrogens with zero attached hydrogens (tertiary/aromatic N) is 4. The summed E-state index contributed by atoms with van der Waals surface area (Å²) in [6.45, 7) is 0. The predicted molar refractivity (Wildman–Crippen MR) is 64.9 cm³/mol. The quantitative estimate of drug-likeness (QED) is 0.765. The highest BCUT2D eigenvalue weighted by Gasteiger charge is 2.33. The molecule has 2 aromatic heterocycles. The molecule has 15 heavy (non-hydrogen) atoms. The second kappa shape index (κ2) is 4.32. The molecule has 6 heteroatoms. The van der Waals surface area contributed by atoms with Crippen molar-refractivity contribution in [2.75, 3.05) is 12.5 Å². The van der Waals surface area contributed by atoms with Crippen molar-refractivity contribution in [2.24, 2.45) is 0 Å². The SMILES string of the molecule is CSC(SC)(n1cccn1)n1cccn1. The van der Waals surface area contributed by atoms with E-state index in [-0.39, 0.29) is 4.33 Å². The first-order chi connectivity index (χ1) is 7.33. The molecule has 0 fully saturated rings. The van der Waals surface area contributed by atoms with Gasteiger partial charge in [-0.3, -0.25) is 0 Å². The van der Waals surface area contributed by atoms with Gasteiger partial charge in [-0.05, 0) is 24.6 Å². The topological polar surface area (TPSA) is 35.6 Å². The minimum atomic E-state index is -0.326. The van der Waals surface area contributed by atoms with Crippen molar-refractivity contribution in [3.8, 4) is 0 Å². The molecular weight excluding hydrogens is 228 g/mol. The molecule has 2 heterocycles. The van der Waals surface area contributed by atoms with Crippen molar-refractivity contribution in [3.05, 3.63) is 36.9 Å². The van der Waals surface area contributed by atoms with E-state index in [1.165, 1.54) is 0 Å². The summed E-state index contributed by atoms with van der Waals surface area (Å²) in [4.78, 5) is 0. The molecule has 80 valence electrons. The molecule has 2 rings (SSSR count). The summed E-state index contributed by atoms with van der Waals surface area (Å²) in [5.41, 5.74) is 0. The normalized spacial score (nSPS) is 11.9. The van der Waals surface area contributed by atoms with E-state index in [2.05, 4.69) is 22.7 Å². The fourth-order valence-corrected chi connectivity index (χ4v) is 3.28. The zero-order valence-corrected chi connectivity index (χ0v) is 10.2. The number of hydrogen-bond acceptors (Lipinski definition) is 4. The van der Waals surface area contributed by atoms with E-state index >= 15 is 0 Å². The van der Waals surface area contributed by atoms with E-state index in [1.54, 1.807) is 35.9 Å². The summed E-state index contributed by atoms with van der Waals surface area (Å²) in [7, 11) is 0. The van der Waals surface area contributed by atoms with Crippen LogP contribution in [0.4, 0.5) is 0 Å². The molecular formula is C9H12N4S2. The van der Waals surface area contributed by atoms with Gasteiger partial charge in [0.1, 0.15) is 0 Å². The first-order valence-electron chi connectivity index (χ1n) is 4.44. The Labute approximate surface area is 97.0 Å². The van der Waals surface area contributed by atoms with Crippen LogP contribution in [0.3, 0.4) is 0 Å². The Morgan fingerprint density at radius 3 is 1.67 bits per heavy atom. The van der Waals surface area contributed by atoms with Gasteiger partial charge in [0.2, 0.25) is 4.33 Å². The molecule has 0 aliphatic heterocycles. The largest absolute Gasteiger partial charge is 0.248 e. The van der Waals surface area contributed by atoms with Crippen LogP contribution in [0.1, 0.15) is 0 Å². The lowest BCUT2D eigenvalue weighted by atomic mass is 10.7. The molecule has 0 spiro atoms. The first-order valence-corrected chi connectivity index (χ1v) is 6.89. The van der Waals surface area contributed by atoms with E-state index in [9.17, 15) is 0 Å². The van der Waals surface area contributed by atoms with Gasteiger partial charge in [0.05, 0.1) is 0 Å². The Morgan fingerprint density at radius 1 is 0.933 bits per heavy atom. The minimum Gasteiger partial charge on any atom is -0.226 e. The fraction of sp³-hybridized carbons (Fsp3) is 0.333. The highest BCUT2D eigenvalue weighted by molar-refractivity contribution is 8.16. The van der Waals surface area contributed by atoms with Crippen LogP contribution in [0.25, 0.3) is 0 Å². The predicted octanol–water partition coefficient (Wildman–Crippen LogP) is 1.92. The van der Waals surface area contributed by atoms with Gasteiger partial charge in [0, 0.05) is 24.8 Å². The Balaban J connectivity index is 2.50. The molecule has 0 saturated carbocycles. The van der Waals surface area contributed by atoms with Crippen molar-refractivity contribution in [2.45, 2.75) is 4.33 Å². The van der Waals surface area contributed by atoms with Gasteiger partial charge in [0.15, 0.2) is 0 Å². The van der Waals surface area contributed by atoms with Gasteiger partial charge in [-0.1, -0.05) is 0 Å². The van der Waals surface area contributed by atoms with Crippen LogP contribution in [0.2, 0.25) is 0 Å². The van der Waals surface area contributed by atoms with Crippen LogP contribution in [0, 0.1) is 0 Å². The molecule has 0 aliphatic rings. The van der Waals surface area contributed by atoms with Crippen molar-refractivity contribution < 1.29 is 0 Å². The van der Waals surface area contributed by atoms with Gasteiger partial charge in [-0.15, -0.1) is 23.5 Å². The second-order valence-corrected chi connectivity index (χ2v) is 5.07. The van der Waals surface area contributed by atoms with Crippen LogP contribution in [0.5, 0.6) is 0 Å². The molecule has 0 saturated heterocycles. The van der Waals surface area contributed by atoms with E-state index in [0.717, 1.165) is 0 Å². The van der Waals surface area contributed by atoms with Crippen LogP contribution in [-0.4, -0.2) is 32.1 Å². The second-order valence-electron chi connectivity index (χ2n) is 2.86. The van der Waals surface area contributed by atoms with Gasteiger partial charge >= 0.3 is 0 Å². The van der Waals surface area contributed by atoms with Gasteiger partial charge in [0.25, 0.3) is 0 Å². The molecule has 0 atom stereocenters. The summed E-state index contributed by atoms with van der Waals surface area (Å²) in [6.07, 6.45) is 11.6. The lowest BCUT2D eigenvalue weighted by molar-refractivity contribution is 0.444. The third kappa shape index (κ3) is 1.68. The van der Waals surface area contributed by atoms with Gasteiger partial charge in [-0.25, -0.2) is 9.36 Å². The summed E-state index contributed by atoms with van der Waals surface area (Å²) < 4.78 is 3.50. The zero-order chi connectivity index (χ0) is 10.7. The van der Waals surface area contributed by atoms with E-state index < -0.39 is 0 Å². The monoisotopic (exact) mass is 240 g/mol. The average Bonchev–Trinajstić information content (AvgIpc) is 2.92. The molecule has 0 unspecified atom stereocenters. The number of thioether (sulfide) groups is 2. The lowest BCUT2D eigenvalue weighted by Gasteiger charge is -2.30. The number of hydrogen-bond donors (Lipinski definition) is 0. The summed E-state index contributed by atoms with van der Waals surface area (Å²) in [5, 5.41) is 8.60. The molecule has 2 aromatic rings. The molecule has 0 N–H and O–H groups in total. The Kier molecular flexibility index (Phi) is 3.06. The van der Waals surface area contributed by atoms with Crippen LogP contribution in [0.15, 0.2) is 36.9 Å². The highest BCUT2D eigenvalue weighted by atomic mass is 32.2. The third-order valence-electron chi connectivity index (χ3n) is 2.12. The Hall–Kier alpha value is -0.880. The highest BCUT2D eigenvalue weighted by Crippen LogP contribution is 2.39. The van der Waals surface area contributed by atoms with Gasteiger partial charge < -0.3 is 0 Å². The number of aromatic nitrogens is 4. The molecule has 0 radical (unpaired) electrons.